The predicted octanol–water partition coefficient (Wildman–Crippen LogP) is 2.08. The van der Waals surface area contributed by atoms with Crippen molar-refractivity contribution in [2.45, 2.75) is 26.2 Å². The van der Waals surface area contributed by atoms with Crippen LogP contribution in [0, 0.1) is 18.3 Å². The fourth-order valence-corrected chi connectivity index (χ4v) is 1.44. The molecule has 2 nitrogen and oxygen atoms in total. The van der Waals surface area contributed by atoms with Gasteiger partial charge in [-0.15, -0.1) is 6.42 Å². The van der Waals surface area contributed by atoms with E-state index in [1.807, 2.05) is 20.8 Å². The molecule has 0 saturated heterocycles. The molecule has 0 bridgehead atoms. The fourth-order valence-electron chi connectivity index (χ4n) is 1.44. The SMILES string of the molecule is C#Cc1c(F)ncc(N)c1C(C)(C)C. The van der Waals surface area contributed by atoms with E-state index in [0.29, 0.717) is 11.3 Å². The lowest BCUT2D eigenvalue weighted by Crippen LogP contribution is -2.17. The quantitative estimate of drug-likeness (QED) is 0.505. The Balaban J connectivity index is 3.56. The van der Waals surface area contributed by atoms with Crippen LogP contribution >= 0.6 is 0 Å². The van der Waals surface area contributed by atoms with Gasteiger partial charge in [0.1, 0.15) is 0 Å². The lowest BCUT2D eigenvalue weighted by atomic mass is 9.83. The first-order chi connectivity index (χ1) is 6.38. The second kappa shape index (κ2) is 3.30. The summed E-state index contributed by atoms with van der Waals surface area (Å²) in [5.74, 6) is 1.66. The Bertz CT molecular complexity index is 397. The zero-order chi connectivity index (χ0) is 10.9. The molecule has 14 heavy (non-hydrogen) atoms. The summed E-state index contributed by atoms with van der Waals surface area (Å²) in [5, 5.41) is 0. The standard InChI is InChI=1S/C11H13FN2/c1-5-7-9(11(2,3)4)8(13)6-14-10(7)12/h1,6H,13H2,2-4H3. The molecule has 2 N–H and O–H groups in total. The molecule has 0 saturated carbocycles. The number of aromatic nitrogens is 1. The second-order valence-electron chi connectivity index (χ2n) is 4.15. The van der Waals surface area contributed by atoms with Gasteiger partial charge < -0.3 is 5.73 Å². The molecule has 74 valence electrons. The summed E-state index contributed by atoms with van der Waals surface area (Å²) in [5.41, 5.74) is 6.69. The maximum absolute atomic E-state index is 13.3. The normalized spacial score (nSPS) is 11.1. The molecule has 0 unspecified atom stereocenters. The van der Waals surface area contributed by atoms with Crippen molar-refractivity contribution in [2.75, 3.05) is 5.73 Å². The van der Waals surface area contributed by atoms with E-state index in [1.54, 1.807) is 0 Å². The van der Waals surface area contributed by atoms with Crippen LogP contribution in [0.5, 0.6) is 0 Å². The van der Waals surface area contributed by atoms with Gasteiger partial charge in [-0.2, -0.15) is 4.39 Å². The molecule has 0 aliphatic carbocycles. The number of anilines is 1. The zero-order valence-corrected chi connectivity index (χ0v) is 8.56. The van der Waals surface area contributed by atoms with Gasteiger partial charge in [-0.1, -0.05) is 26.7 Å². The van der Waals surface area contributed by atoms with Crippen molar-refractivity contribution in [1.82, 2.24) is 4.98 Å². The third-order valence-corrected chi connectivity index (χ3v) is 1.96. The molecule has 0 aliphatic rings. The topological polar surface area (TPSA) is 38.9 Å². The number of rotatable bonds is 0. The van der Waals surface area contributed by atoms with E-state index in [4.69, 9.17) is 12.2 Å². The monoisotopic (exact) mass is 192 g/mol. The van der Waals surface area contributed by atoms with E-state index in [-0.39, 0.29) is 11.0 Å². The maximum Gasteiger partial charge on any atom is 0.229 e. The summed E-state index contributed by atoms with van der Waals surface area (Å²) in [7, 11) is 0. The molecule has 1 rings (SSSR count). The lowest BCUT2D eigenvalue weighted by molar-refractivity contribution is 0.549. The molecular weight excluding hydrogens is 179 g/mol. The van der Waals surface area contributed by atoms with Crippen LogP contribution in [0.4, 0.5) is 10.1 Å². The summed E-state index contributed by atoms with van der Waals surface area (Å²) >= 11 is 0. The van der Waals surface area contributed by atoms with Gasteiger partial charge in [-0.3, -0.25) is 0 Å². The van der Waals surface area contributed by atoms with E-state index in [1.165, 1.54) is 6.20 Å². The number of nitrogens with zero attached hydrogens (tertiary/aromatic N) is 1. The highest BCUT2D eigenvalue weighted by Gasteiger charge is 2.23. The molecule has 0 aliphatic heterocycles. The van der Waals surface area contributed by atoms with Crippen molar-refractivity contribution in [3.05, 3.63) is 23.3 Å². The van der Waals surface area contributed by atoms with E-state index < -0.39 is 5.95 Å². The Labute approximate surface area is 83.3 Å². The van der Waals surface area contributed by atoms with Crippen LogP contribution in [-0.4, -0.2) is 4.98 Å². The van der Waals surface area contributed by atoms with E-state index in [9.17, 15) is 4.39 Å². The van der Waals surface area contributed by atoms with Gasteiger partial charge in [-0.25, -0.2) is 4.98 Å². The average Bonchev–Trinajstić information content (AvgIpc) is 2.06. The first kappa shape index (κ1) is 10.5. The van der Waals surface area contributed by atoms with Crippen LogP contribution in [0.1, 0.15) is 31.9 Å². The second-order valence-corrected chi connectivity index (χ2v) is 4.15. The first-order valence-corrected chi connectivity index (χ1v) is 4.29. The number of pyridine rings is 1. The molecule has 0 atom stereocenters. The van der Waals surface area contributed by atoms with E-state index in [0.717, 1.165) is 0 Å². The van der Waals surface area contributed by atoms with Gasteiger partial charge >= 0.3 is 0 Å². The minimum atomic E-state index is -0.633. The summed E-state index contributed by atoms with van der Waals surface area (Å²) in [6, 6.07) is 0. The summed E-state index contributed by atoms with van der Waals surface area (Å²) in [4.78, 5) is 3.49. The zero-order valence-electron chi connectivity index (χ0n) is 8.56. The summed E-state index contributed by atoms with van der Waals surface area (Å²) < 4.78 is 13.3. The van der Waals surface area contributed by atoms with Crippen LogP contribution < -0.4 is 5.73 Å². The molecule has 3 heteroatoms. The van der Waals surface area contributed by atoms with Crippen molar-refractivity contribution in [3.8, 4) is 12.3 Å². The smallest absolute Gasteiger partial charge is 0.229 e. The summed E-state index contributed by atoms with van der Waals surface area (Å²) in [6.45, 7) is 5.79. The number of halogens is 1. The lowest BCUT2D eigenvalue weighted by Gasteiger charge is -2.22. The van der Waals surface area contributed by atoms with Gasteiger partial charge in [0, 0.05) is 5.56 Å². The number of hydrogen-bond acceptors (Lipinski definition) is 2. The van der Waals surface area contributed by atoms with Gasteiger partial charge in [-0.05, 0) is 5.41 Å². The number of nitrogens with two attached hydrogens (primary N) is 1. The largest absolute Gasteiger partial charge is 0.397 e. The Morgan fingerprint density at radius 2 is 2.07 bits per heavy atom. The van der Waals surface area contributed by atoms with Crippen molar-refractivity contribution in [1.29, 1.82) is 0 Å². The average molecular weight is 192 g/mol. The Kier molecular flexibility index (Phi) is 2.48. The summed E-state index contributed by atoms with van der Waals surface area (Å²) in [6.07, 6.45) is 6.53. The third-order valence-electron chi connectivity index (χ3n) is 1.96. The Morgan fingerprint density at radius 1 is 1.50 bits per heavy atom. The van der Waals surface area contributed by atoms with E-state index >= 15 is 0 Å². The molecular formula is C11H13FN2. The highest BCUT2D eigenvalue weighted by Crippen LogP contribution is 2.30. The Hall–Kier alpha value is -1.56. The van der Waals surface area contributed by atoms with Crippen molar-refractivity contribution in [2.24, 2.45) is 0 Å². The maximum atomic E-state index is 13.3. The minimum Gasteiger partial charge on any atom is -0.397 e. The predicted molar refractivity (Wildman–Crippen MR) is 55.2 cm³/mol. The van der Waals surface area contributed by atoms with Gasteiger partial charge in [0.25, 0.3) is 0 Å². The van der Waals surface area contributed by atoms with E-state index in [2.05, 4.69) is 10.9 Å². The van der Waals surface area contributed by atoms with Crippen molar-refractivity contribution < 1.29 is 4.39 Å². The number of nitrogen functional groups attached to an aromatic ring is 1. The molecule has 1 aromatic rings. The minimum absolute atomic E-state index is 0.164. The molecule has 0 radical (unpaired) electrons. The Morgan fingerprint density at radius 3 is 2.43 bits per heavy atom. The van der Waals surface area contributed by atoms with Crippen molar-refractivity contribution in [3.63, 3.8) is 0 Å². The van der Waals surface area contributed by atoms with Crippen LogP contribution in [0.3, 0.4) is 0 Å². The van der Waals surface area contributed by atoms with Gasteiger partial charge in [0.15, 0.2) is 0 Å². The molecule has 0 aromatic carbocycles. The van der Waals surface area contributed by atoms with Gasteiger partial charge in [0.05, 0.1) is 17.4 Å². The van der Waals surface area contributed by atoms with Crippen LogP contribution in [0.15, 0.2) is 6.20 Å². The molecule has 0 fully saturated rings. The van der Waals surface area contributed by atoms with Crippen LogP contribution in [0.2, 0.25) is 0 Å². The molecule has 0 spiro atoms. The molecule has 0 amide bonds. The number of terminal acetylenes is 1. The molecule has 1 aromatic heterocycles. The van der Waals surface area contributed by atoms with Gasteiger partial charge in [0.2, 0.25) is 5.95 Å². The van der Waals surface area contributed by atoms with Crippen LogP contribution in [-0.2, 0) is 5.41 Å². The highest BCUT2D eigenvalue weighted by atomic mass is 19.1. The van der Waals surface area contributed by atoms with Crippen molar-refractivity contribution >= 4 is 5.69 Å². The molecule has 1 heterocycles. The third kappa shape index (κ3) is 1.69. The number of hydrogen-bond donors (Lipinski definition) is 1. The highest BCUT2D eigenvalue weighted by molar-refractivity contribution is 5.57. The first-order valence-electron chi connectivity index (χ1n) is 4.29. The fraction of sp³-hybridized carbons (Fsp3) is 0.364. The van der Waals surface area contributed by atoms with Crippen LogP contribution in [0.25, 0.3) is 0 Å².